The maximum absolute atomic E-state index is 12.4. The van der Waals surface area contributed by atoms with E-state index in [0.717, 1.165) is 5.56 Å². The number of ketones is 1. The average molecular weight is 269 g/mol. The number of carbonyl (C=O) groups is 1. The summed E-state index contributed by atoms with van der Waals surface area (Å²) in [6.07, 6.45) is 0.346. The molecule has 3 nitrogen and oxygen atoms in total. The highest BCUT2D eigenvalue weighted by atomic mass is 16.5. The van der Waals surface area contributed by atoms with E-state index in [-0.39, 0.29) is 5.78 Å². The summed E-state index contributed by atoms with van der Waals surface area (Å²) < 4.78 is 5.14. The lowest BCUT2D eigenvalue weighted by atomic mass is 9.98. The van der Waals surface area contributed by atoms with E-state index in [1.54, 1.807) is 25.3 Å². The van der Waals surface area contributed by atoms with Crippen molar-refractivity contribution < 1.29 is 9.53 Å². The molecule has 0 atom stereocenters. The highest BCUT2D eigenvalue weighted by Crippen LogP contribution is 2.26. The Labute approximate surface area is 119 Å². The number of nitrogens with two attached hydrogens (primary N) is 1. The lowest BCUT2D eigenvalue weighted by molar-refractivity contribution is 0.0993. The van der Waals surface area contributed by atoms with Crippen molar-refractivity contribution in [2.75, 3.05) is 12.8 Å². The lowest BCUT2D eigenvalue weighted by Gasteiger charge is -2.10. The Kier molecular flexibility index (Phi) is 4.08. The van der Waals surface area contributed by atoms with Crippen LogP contribution in [0.25, 0.3) is 0 Å². The summed E-state index contributed by atoms with van der Waals surface area (Å²) in [5.74, 6) is 0.542. The number of ether oxygens (including phenoxy) is 1. The number of rotatable bonds is 4. The molecule has 0 spiro atoms. The van der Waals surface area contributed by atoms with Crippen molar-refractivity contribution in [2.45, 2.75) is 20.3 Å². The highest BCUT2D eigenvalue weighted by molar-refractivity contribution is 6.03. The Balaban J connectivity index is 2.26. The molecule has 3 heteroatoms. The van der Waals surface area contributed by atoms with Gasteiger partial charge in [-0.25, -0.2) is 0 Å². The number of nitrogen functional groups attached to an aromatic ring is 1. The molecular weight excluding hydrogens is 250 g/mol. The molecule has 0 fully saturated rings. The SMILES string of the molecule is COc1cccc(C(=O)Cc2ccc(C)c(C)c2)c1N. The quantitative estimate of drug-likeness (QED) is 0.684. The number of Topliss-reactive ketones (excluding diaryl/α,β-unsaturated/α-hetero) is 1. The third kappa shape index (κ3) is 2.82. The molecule has 104 valence electrons. The van der Waals surface area contributed by atoms with Gasteiger partial charge in [0.1, 0.15) is 5.75 Å². The first kappa shape index (κ1) is 14.1. The molecule has 0 aliphatic heterocycles. The maximum Gasteiger partial charge on any atom is 0.169 e. The molecule has 20 heavy (non-hydrogen) atoms. The third-order valence-corrected chi connectivity index (χ3v) is 3.52. The highest BCUT2D eigenvalue weighted by Gasteiger charge is 2.13. The minimum atomic E-state index is 0.00431. The average Bonchev–Trinajstić information content (AvgIpc) is 2.43. The van der Waals surface area contributed by atoms with E-state index in [9.17, 15) is 4.79 Å². The van der Waals surface area contributed by atoms with Gasteiger partial charge in [0.2, 0.25) is 0 Å². The lowest BCUT2D eigenvalue weighted by Crippen LogP contribution is -2.08. The molecule has 0 aliphatic rings. The van der Waals surface area contributed by atoms with Crippen LogP contribution < -0.4 is 10.5 Å². The van der Waals surface area contributed by atoms with E-state index in [1.807, 2.05) is 25.1 Å². The monoisotopic (exact) mass is 269 g/mol. The topological polar surface area (TPSA) is 52.3 Å². The van der Waals surface area contributed by atoms with Crippen LogP contribution in [0.3, 0.4) is 0 Å². The van der Waals surface area contributed by atoms with Crippen LogP contribution in [0, 0.1) is 13.8 Å². The number of methoxy groups -OCH3 is 1. The second-order valence-corrected chi connectivity index (χ2v) is 4.94. The van der Waals surface area contributed by atoms with Crippen molar-refractivity contribution in [1.29, 1.82) is 0 Å². The second-order valence-electron chi connectivity index (χ2n) is 4.94. The van der Waals surface area contributed by atoms with E-state index in [2.05, 4.69) is 6.92 Å². The summed E-state index contributed by atoms with van der Waals surface area (Å²) in [4.78, 5) is 12.4. The number of para-hydroxylation sites is 1. The molecule has 0 heterocycles. The van der Waals surface area contributed by atoms with Crippen molar-refractivity contribution in [3.8, 4) is 5.75 Å². The van der Waals surface area contributed by atoms with Crippen LogP contribution in [-0.4, -0.2) is 12.9 Å². The molecule has 0 bridgehead atoms. The number of carbonyl (C=O) groups excluding carboxylic acids is 1. The zero-order chi connectivity index (χ0) is 14.7. The fourth-order valence-electron chi connectivity index (χ4n) is 2.16. The summed E-state index contributed by atoms with van der Waals surface area (Å²) in [5.41, 5.74) is 10.3. The number of hydrogen-bond donors (Lipinski definition) is 1. The Morgan fingerprint density at radius 2 is 1.90 bits per heavy atom. The number of benzene rings is 2. The fourth-order valence-corrected chi connectivity index (χ4v) is 2.16. The zero-order valence-corrected chi connectivity index (χ0v) is 12.1. The Morgan fingerprint density at radius 1 is 1.15 bits per heavy atom. The fraction of sp³-hybridized carbons (Fsp3) is 0.235. The van der Waals surface area contributed by atoms with Gasteiger partial charge < -0.3 is 10.5 Å². The van der Waals surface area contributed by atoms with Crippen LogP contribution in [-0.2, 0) is 6.42 Å². The van der Waals surface area contributed by atoms with Crippen LogP contribution in [0.1, 0.15) is 27.0 Å². The number of aryl methyl sites for hydroxylation is 2. The molecule has 0 amide bonds. The molecular formula is C17H19NO2. The summed E-state index contributed by atoms with van der Waals surface area (Å²) in [6.45, 7) is 4.10. The van der Waals surface area contributed by atoms with Crippen molar-refractivity contribution in [3.05, 3.63) is 58.7 Å². The van der Waals surface area contributed by atoms with E-state index >= 15 is 0 Å². The van der Waals surface area contributed by atoms with Gasteiger partial charge in [-0.1, -0.05) is 24.3 Å². The first-order valence-electron chi connectivity index (χ1n) is 6.54. The molecule has 0 radical (unpaired) electrons. The molecule has 2 aromatic carbocycles. The molecule has 2 aromatic rings. The summed E-state index contributed by atoms with van der Waals surface area (Å²) in [7, 11) is 1.54. The molecule has 0 saturated carbocycles. The van der Waals surface area contributed by atoms with Crippen LogP contribution in [0.2, 0.25) is 0 Å². The molecule has 0 aromatic heterocycles. The van der Waals surface area contributed by atoms with Gasteiger partial charge in [0.05, 0.1) is 12.8 Å². The predicted molar refractivity (Wildman–Crippen MR) is 81.4 cm³/mol. The largest absolute Gasteiger partial charge is 0.495 e. The van der Waals surface area contributed by atoms with Crippen LogP contribution in [0.4, 0.5) is 5.69 Å². The van der Waals surface area contributed by atoms with Crippen LogP contribution >= 0.6 is 0 Å². The van der Waals surface area contributed by atoms with E-state index in [1.165, 1.54) is 11.1 Å². The maximum atomic E-state index is 12.4. The van der Waals surface area contributed by atoms with Crippen molar-refractivity contribution in [3.63, 3.8) is 0 Å². The summed E-state index contributed by atoms with van der Waals surface area (Å²) >= 11 is 0. The first-order valence-corrected chi connectivity index (χ1v) is 6.54. The Hall–Kier alpha value is -2.29. The van der Waals surface area contributed by atoms with Gasteiger partial charge in [-0.05, 0) is 42.7 Å². The van der Waals surface area contributed by atoms with Gasteiger partial charge in [0.15, 0.2) is 5.78 Å². The van der Waals surface area contributed by atoms with Crippen LogP contribution in [0.15, 0.2) is 36.4 Å². The van der Waals surface area contributed by atoms with Crippen LogP contribution in [0.5, 0.6) is 5.75 Å². The van der Waals surface area contributed by atoms with Gasteiger partial charge in [0.25, 0.3) is 0 Å². The van der Waals surface area contributed by atoms with Crippen molar-refractivity contribution in [2.24, 2.45) is 0 Å². The Bertz CT molecular complexity index is 647. The minimum absolute atomic E-state index is 0.00431. The van der Waals surface area contributed by atoms with Gasteiger partial charge in [0, 0.05) is 12.0 Å². The number of hydrogen-bond acceptors (Lipinski definition) is 3. The van der Waals surface area contributed by atoms with E-state index in [4.69, 9.17) is 10.5 Å². The molecule has 0 saturated heterocycles. The molecule has 2 rings (SSSR count). The second kappa shape index (κ2) is 5.78. The molecule has 0 aliphatic carbocycles. The van der Waals surface area contributed by atoms with Gasteiger partial charge in [-0.15, -0.1) is 0 Å². The predicted octanol–water partition coefficient (Wildman–Crippen LogP) is 3.32. The smallest absolute Gasteiger partial charge is 0.169 e. The normalized spacial score (nSPS) is 10.3. The van der Waals surface area contributed by atoms with E-state index in [0.29, 0.717) is 23.4 Å². The minimum Gasteiger partial charge on any atom is -0.495 e. The van der Waals surface area contributed by atoms with Crippen molar-refractivity contribution >= 4 is 11.5 Å². The third-order valence-electron chi connectivity index (χ3n) is 3.52. The number of anilines is 1. The molecule has 0 unspecified atom stereocenters. The summed E-state index contributed by atoms with van der Waals surface area (Å²) in [5, 5.41) is 0. The van der Waals surface area contributed by atoms with Gasteiger partial charge in [-0.3, -0.25) is 4.79 Å². The van der Waals surface area contributed by atoms with Gasteiger partial charge >= 0.3 is 0 Å². The van der Waals surface area contributed by atoms with E-state index < -0.39 is 0 Å². The van der Waals surface area contributed by atoms with Crippen molar-refractivity contribution in [1.82, 2.24) is 0 Å². The standard InChI is InChI=1S/C17H19NO2/c1-11-7-8-13(9-12(11)2)10-15(19)14-5-4-6-16(20-3)17(14)18/h4-9H,10,18H2,1-3H3. The molecule has 2 N–H and O–H groups in total. The first-order chi connectivity index (χ1) is 9.52. The van der Waals surface area contributed by atoms with Gasteiger partial charge in [-0.2, -0.15) is 0 Å². The summed E-state index contributed by atoms with van der Waals surface area (Å²) in [6, 6.07) is 11.3. The Morgan fingerprint density at radius 3 is 2.55 bits per heavy atom. The zero-order valence-electron chi connectivity index (χ0n) is 12.1.